The van der Waals surface area contributed by atoms with Gasteiger partial charge in [-0.05, 0) is 33.2 Å². The first-order chi connectivity index (χ1) is 9.91. The summed E-state index contributed by atoms with van der Waals surface area (Å²) in [5, 5.41) is 3.01. The van der Waals surface area contributed by atoms with Gasteiger partial charge in [0.15, 0.2) is 0 Å². The van der Waals surface area contributed by atoms with Crippen molar-refractivity contribution in [1.29, 1.82) is 0 Å². The van der Waals surface area contributed by atoms with Crippen molar-refractivity contribution in [3.63, 3.8) is 0 Å². The summed E-state index contributed by atoms with van der Waals surface area (Å²) in [7, 11) is -0.0697. The Kier molecular flexibility index (Phi) is 5.08. The maximum absolute atomic E-state index is 12.9. The van der Waals surface area contributed by atoms with E-state index in [1.54, 1.807) is 32.3 Å². The molecule has 0 saturated carbocycles. The Balaban J connectivity index is 2.32. The van der Waals surface area contributed by atoms with Crippen molar-refractivity contribution in [3.05, 3.63) is 17.1 Å². The molecule has 1 aliphatic rings. The van der Waals surface area contributed by atoms with Gasteiger partial charge in [0.25, 0.3) is 0 Å². The quantitative estimate of drug-likeness (QED) is 0.856. The topological polar surface area (TPSA) is 71.8 Å². The zero-order valence-corrected chi connectivity index (χ0v) is 13.9. The Morgan fingerprint density at radius 3 is 2.71 bits per heavy atom. The third-order valence-corrected chi connectivity index (χ3v) is 5.99. The van der Waals surface area contributed by atoms with Crippen LogP contribution in [0.5, 0.6) is 0 Å². The lowest BCUT2D eigenvalue weighted by molar-refractivity contribution is 0.157. The van der Waals surface area contributed by atoms with Gasteiger partial charge in [-0.3, -0.25) is 0 Å². The zero-order chi connectivity index (χ0) is 15.6. The fourth-order valence-electron chi connectivity index (χ4n) is 2.95. The molecule has 0 aromatic carbocycles. The van der Waals surface area contributed by atoms with Crippen LogP contribution in [0.25, 0.3) is 0 Å². The van der Waals surface area contributed by atoms with E-state index in [4.69, 9.17) is 9.15 Å². The second kappa shape index (κ2) is 6.48. The van der Waals surface area contributed by atoms with Crippen molar-refractivity contribution >= 4 is 10.0 Å². The molecular formula is C14H24N2O4S. The average molecular weight is 316 g/mol. The normalized spacial score (nSPS) is 20.3. The highest BCUT2D eigenvalue weighted by molar-refractivity contribution is 7.89. The number of nitrogens with zero attached hydrogens (tertiary/aromatic N) is 1. The van der Waals surface area contributed by atoms with Crippen LogP contribution in [0.4, 0.5) is 0 Å². The van der Waals surface area contributed by atoms with Gasteiger partial charge in [0.2, 0.25) is 10.0 Å². The van der Waals surface area contributed by atoms with E-state index in [1.807, 2.05) is 0 Å². The molecule has 1 fully saturated rings. The fraction of sp³-hybridized carbons (Fsp3) is 0.714. The van der Waals surface area contributed by atoms with Gasteiger partial charge < -0.3 is 14.5 Å². The van der Waals surface area contributed by atoms with Gasteiger partial charge >= 0.3 is 0 Å². The van der Waals surface area contributed by atoms with Gasteiger partial charge in [-0.2, -0.15) is 4.31 Å². The van der Waals surface area contributed by atoms with Crippen LogP contribution in [0.2, 0.25) is 0 Å². The molecule has 0 amide bonds. The number of hydrogen-bond acceptors (Lipinski definition) is 5. The summed E-state index contributed by atoms with van der Waals surface area (Å²) < 4.78 is 38.1. The van der Waals surface area contributed by atoms with E-state index in [2.05, 4.69) is 5.32 Å². The summed E-state index contributed by atoms with van der Waals surface area (Å²) in [5.74, 6) is 1.40. The molecule has 120 valence electrons. The molecule has 0 bridgehead atoms. The Morgan fingerprint density at radius 1 is 1.38 bits per heavy atom. The first-order valence-electron chi connectivity index (χ1n) is 7.14. The number of rotatable bonds is 6. The van der Waals surface area contributed by atoms with Gasteiger partial charge in [-0.25, -0.2) is 8.42 Å². The number of sulfonamides is 1. The van der Waals surface area contributed by atoms with Crippen LogP contribution < -0.4 is 5.32 Å². The first kappa shape index (κ1) is 16.5. The van der Waals surface area contributed by atoms with Crippen LogP contribution in [0.3, 0.4) is 0 Å². The molecule has 21 heavy (non-hydrogen) atoms. The van der Waals surface area contributed by atoms with Gasteiger partial charge in [0, 0.05) is 32.3 Å². The van der Waals surface area contributed by atoms with Crippen LogP contribution in [-0.2, 0) is 21.3 Å². The van der Waals surface area contributed by atoms with Crippen molar-refractivity contribution < 1.29 is 17.6 Å². The smallest absolute Gasteiger partial charge is 0.246 e. The van der Waals surface area contributed by atoms with Crippen molar-refractivity contribution in [2.75, 3.05) is 33.9 Å². The van der Waals surface area contributed by atoms with E-state index in [1.165, 1.54) is 0 Å². The second-order valence-corrected chi connectivity index (χ2v) is 7.40. The van der Waals surface area contributed by atoms with Gasteiger partial charge in [0.1, 0.15) is 16.4 Å². The summed E-state index contributed by atoms with van der Waals surface area (Å²) in [4.78, 5) is 0.326. The number of aryl methyl sites for hydroxylation is 2. The lowest BCUT2D eigenvalue weighted by Crippen LogP contribution is -2.30. The lowest BCUT2D eigenvalue weighted by atomic mass is 10.1. The molecule has 1 N–H and O–H groups in total. The predicted octanol–water partition coefficient (Wildman–Crippen LogP) is 1.27. The predicted molar refractivity (Wildman–Crippen MR) is 79.7 cm³/mol. The van der Waals surface area contributed by atoms with E-state index < -0.39 is 10.0 Å². The van der Waals surface area contributed by atoms with Crippen LogP contribution >= 0.6 is 0 Å². The van der Waals surface area contributed by atoms with Crippen LogP contribution in [0.15, 0.2) is 9.31 Å². The Bertz CT molecular complexity index is 594. The third-order valence-electron chi connectivity index (χ3n) is 3.93. The standard InChI is InChI=1S/C14H24N2O4S/c1-10-13(7-15-3)14(11(2)20-10)21(17,18)16-6-5-12(8-16)9-19-4/h12,15H,5-9H2,1-4H3. The van der Waals surface area contributed by atoms with Gasteiger partial charge in [0.05, 0.1) is 6.61 Å². The number of nitrogens with one attached hydrogen (secondary N) is 1. The summed E-state index contributed by atoms with van der Waals surface area (Å²) in [5.41, 5.74) is 0.727. The number of ether oxygens (including phenoxy) is 1. The maximum atomic E-state index is 12.9. The maximum Gasteiger partial charge on any atom is 0.246 e. The highest BCUT2D eigenvalue weighted by Crippen LogP contribution is 2.32. The second-order valence-electron chi connectivity index (χ2n) is 5.53. The minimum Gasteiger partial charge on any atom is -0.465 e. The van der Waals surface area contributed by atoms with Gasteiger partial charge in [-0.1, -0.05) is 0 Å². The SMILES string of the molecule is CNCc1c(C)oc(C)c1S(=O)(=O)N1CCC(COC)C1. The molecule has 2 rings (SSSR count). The van der Waals surface area contributed by atoms with Crippen molar-refractivity contribution in [1.82, 2.24) is 9.62 Å². The molecule has 6 nitrogen and oxygen atoms in total. The van der Waals surface area contributed by atoms with E-state index in [9.17, 15) is 8.42 Å². The van der Waals surface area contributed by atoms with Crippen LogP contribution in [0.1, 0.15) is 23.5 Å². The molecular weight excluding hydrogens is 292 g/mol. The zero-order valence-electron chi connectivity index (χ0n) is 13.1. The highest BCUT2D eigenvalue weighted by Gasteiger charge is 2.36. The summed E-state index contributed by atoms with van der Waals surface area (Å²) >= 11 is 0. The summed E-state index contributed by atoms with van der Waals surface area (Å²) in [6, 6.07) is 0. The lowest BCUT2D eigenvalue weighted by Gasteiger charge is -2.17. The Hall–Kier alpha value is -0.890. The molecule has 0 radical (unpaired) electrons. The average Bonchev–Trinajstić information content (AvgIpc) is 2.97. The van der Waals surface area contributed by atoms with E-state index in [0.717, 1.165) is 12.0 Å². The van der Waals surface area contributed by atoms with Crippen molar-refractivity contribution in [2.24, 2.45) is 5.92 Å². The molecule has 0 aliphatic carbocycles. The molecule has 1 aromatic rings. The Labute approximate surface area is 126 Å². The molecule has 1 unspecified atom stereocenters. The summed E-state index contributed by atoms with van der Waals surface area (Å²) in [6.45, 7) is 5.64. The largest absolute Gasteiger partial charge is 0.465 e. The van der Waals surface area contributed by atoms with E-state index in [0.29, 0.717) is 42.7 Å². The fourth-order valence-corrected chi connectivity index (χ4v) is 4.89. The molecule has 1 saturated heterocycles. The van der Waals surface area contributed by atoms with Crippen molar-refractivity contribution in [2.45, 2.75) is 31.7 Å². The van der Waals surface area contributed by atoms with Crippen molar-refractivity contribution in [3.8, 4) is 0 Å². The third kappa shape index (κ3) is 3.15. The Morgan fingerprint density at radius 2 is 2.10 bits per heavy atom. The van der Waals surface area contributed by atoms with Crippen LogP contribution in [0, 0.1) is 19.8 Å². The number of methoxy groups -OCH3 is 1. The number of hydrogen-bond donors (Lipinski definition) is 1. The molecule has 7 heteroatoms. The van der Waals surface area contributed by atoms with E-state index >= 15 is 0 Å². The molecule has 1 atom stereocenters. The minimum absolute atomic E-state index is 0.269. The van der Waals surface area contributed by atoms with Crippen LogP contribution in [-0.4, -0.2) is 46.6 Å². The van der Waals surface area contributed by atoms with Gasteiger partial charge in [-0.15, -0.1) is 0 Å². The molecule has 2 heterocycles. The van der Waals surface area contributed by atoms with E-state index in [-0.39, 0.29) is 5.92 Å². The highest BCUT2D eigenvalue weighted by atomic mass is 32.2. The molecule has 1 aliphatic heterocycles. The summed E-state index contributed by atoms with van der Waals surface area (Å²) in [6.07, 6.45) is 0.838. The molecule has 0 spiro atoms. The molecule has 1 aromatic heterocycles. The monoisotopic (exact) mass is 316 g/mol. The first-order valence-corrected chi connectivity index (χ1v) is 8.58. The number of furan rings is 1. The minimum atomic E-state index is -3.51.